The number of nitrogens with zero attached hydrogens (tertiary/aromatic N) is 1. The van der Waals surface area contributed by atoms with Crippen molar-refractivity contribution in [2.45, 2.75) is 44.2 Å². The van der Waals surface area contributed by atoms with Crippen LogP contribution in [0.3, 0.4) is 0 Å². The predicted octanol–water partition coefficient (Wildman–Crippen LogP) is 3.61. The molecule has 128 valence electrons. The van der Waals surface area contributed by atoms with E-state index < -0.39 is 5.97 Å². The summed E-state index contributed by atoms with van der Waals surface area (Å²) in [7, 11) is 0. The summed E-state index contributed by atoms with van der Waals surface area (Å²) in [6.45, 7) is 0. The lowest BCUT2D eigenvalue weighted by atomic mass is 10.0. The van der Waals surface area contributed by atoms with Gasteiger partial charge in [-0.3, -0.25) is 4.79 Å². The Kier molecular flexibility index (Phi) is 4.04. The smallest absolute Gasteiger partial charge is 0.335 e. The molecule has 0 bridgehead atoms. The number of aromatic carboxylic acids is 1. The van der Waals surface area contributed by atoms with E-state index in [1.165, 1.54) is 11.1 Å². The van der Waals surface area contributed by atoms with Gasteiger partial charge >= 0.3 is 5.97 Å². The molecule has 1 fully saturated rings. The number of carboxylic acids is 1. The van der Waals surface area contributed by atoms with E-state index in [0.29, 0.717) is 6.04 Å². The minimum Gasteiger partial charge on any atom is -0.478 e. The van der Waals surface area contributed by atoms with Crippen LogP contribution in [0.15, 0.2) is 48.5 Å². The molecule has 2 aromatic rings. The van der Waals surface area contributed by atoms with Gasteiger partial charge in [-0.2, -0.15) is 0 Å². The summed E-state index contributed by atoms with van der Waals surface area (Å²) in [6, 6.07) is 15.6. The molecule has 1 amide bonds. The number of hydrogen-bond donors (Lipinski definition) is 1. The molecule has 1 unspecified atom stereocenters. The molecule has 0 radical (unpaired) electrons. The van der Waals surface area contributed by atoms with E-state index >= 15 is 0 Å². The number of carboxylic acid groups (broad SMARTS) is 1. The SMILES string of the molecule is O=C(O)c1cccc(CC(=O)N(C2CC2)C2CCc3ccccc32)c1. The zero-order chi connectivity index (χ0) is 17.4. The van der Waals surface area contributed by atoms with Crippen molar-refractivity contribution in [3.05, 3.63) is 70.8 Å². The lowest BCUT2D eigenvalue weighted by Gasteiger charge is -2.30. The average Bonchev–Trinajstić information content (AvgIpc) is 3.35. The fourth-order valence-corrected chi connectivity index (χ4v) is 3.89. The Bertz CT molecular complexity index is 825. The first-order valence-electron chi connectivity index (χ1n) is 8.84. The third kappa shape index (κ3) is 3.16. The molecule has 2 aromatic carbocycles. The van der Waals surface area contributed by atoms with Gasteiger partial charge in [-0.25, -0.2) is 4.79 Å². The second-order valence-electron chi connectivity index (χ2n) is 6.97. The molecule has 0 aromatic heterocycles. The molecule has 0 aliphatic heterocycles. The van der Waals surface area contributed by atoms with E-state index in [1.807, 2.05) is 12.1 Å². The first-order valence-corrected chi connectivity index (χ1v) is 8.84. The number of amides is 1. The molecule has 1 atom stereocenters. The fourth-order valence-electron chi connectivity index (χ4n) is 3.89. The van der Waals surface area contributed by atoms with Gasteiger partial charge in [0.05, 0.1) is 18.0 Å². The summed E-state index contributed by atoms with van der Waals surface area (Å²) in [6.07, 6.45) is 4.40. The van der Waals surface area contributed by atoms with Crippen molar-refractivity contribution in [3.63, 3.8) is 0 Å². The van der Waals surface area contributed by atoms with Gasteiger partial charge in [0.15, 0.2) is 0 Å². The Morgan fingerprint density at radius 2 is 1.84 bits per heavy atom. The Morgan fingerprint density at radius 1 is 1.04 bits per heavy atom. The minimum atomic E-state index is -0.960. The molecule has 0 saturated heterocycles. The normalized spacial score (nSPS) is 18.6. The first-order chi connectivity index (χ1) is 12.1. The maximum absolute atomic E-state index is 13.1. The van der Waals surface area contributed by atoms with Crippen LogP contribution in [-0.4, -0.2) is 27.9 Å². The maximum Gasteiger partial charge on any atom is 0.335 e. The molecule has 4 rings (SSSR count). The third-order valence-electron chi connectivity index (χ3n) is 5.19. The zero-order valence-electron chi connectivity index (χ0n) is 14.0. The van der Waals surface area contributed by atoms with Gasteiger partial charge in [0, 0.05) is 6.04 Å². The van der Waals surface area contributed by atoms with Crippen molar-refractivity contribution in [2.75, 3.05) is 0 Å². The molecule has 2 aliphatic rings. The van der Waals surface area contributed by atoms with Crippen LogP contribution in [0.25, 0.3) is 0 Å². The number of aryl methyl sites for hydroxylation is 1. The lowest BCUT2D eigenvalue weighted by Crippen LogP contribution is -2.37. The van der Waals surface area contributed by atoms with E-state index in [4.69, 9.17) is 5.11 Å². The highest BCUT2D eigenvalue weighted by atomic mass is 16.4. The summed E-state index contributed by atoms with van der Waals surface area (Å²) < 4.78 is 0. The van der Waals surface area contributed by atoms with Gasteiger partial charge in [0.25, 0.3) is 0 Å². The number of carbonyl (C=O) groups excluding carboxylic acids is 1. The van der Waals surface area contributed by atoms with Crippen LogP contribution in [0.2, 0.25) is 0 Å². The minimum absolute atomic E-state index is 0.103. The standard InChI is InChI=1S/C21H21NO3/c23-20(13-14-4-3-6-16(12-14)21(24)25)22(17-9-10-17)19-11-8-15-5-1-2-7-18(15)19/h1-7,12,17,19H,8-11,13H2,(H,24,25). The maximum atomic E-state index is 13.1. The highest BCUT2D eigenvalue weighted by Gasteiger charge is 2.40. The summed E-state index contributed by atoms with van der Waals surface area (Å²) in [5, 5.41) is 9.14. The van der Waals surface area contributed by atoms with Crippen LogP contribution in [0, 0.1) is 0 Å². The van der Waals surface area contributed by atoms with Crippen LogP contribution in [0.5, 0.6) is 0 Å². The van der Waals surface area contributed by atoms with Crippen molar-refractivity contribution in [1.29, 1.82) is 0 Å². The van der Waals surface area contributed by atoms with E-state index in [1.54, 1.807) is 18.2 Å². The Balaban J connectivity index is 1.57. The topological polar surface area (TPSA) is 57.6 Å². The summed E-state index contributed by atoms with van der Waals surface area (Å²) >= 11 is 0. The van der Waals surface area contributed by atoms with Crippen LogP contribution in [0.1, 0.15) is 52.4 Å². The second kappa shape index (κ2) is 6.36. The van der Waals surface area contributed by atoms with E-state index in [0.717, 1.165) is 31.2 Å². The van der Waals surface area contributed by atoms with Gasteiger partial charge < -0.3 is 10.0 Å². The van der Waals surface area contributed by atoms with Gasteiger partial charge in [-0.05, 0) is 54.5 Å². The third-order valence-corrected chi connectivity index (χ3v) is 5.19. The molecular weight excluding hydrogens is 314 g/mol. The highest BCUT2D eigenvalue weighted by Crippen LogP contribution is 2.42. The fraction of sp³-hybridized carbons (Fsp3) is 0.333. The molecule has 0 spiro atoms. The number of carbonyl (C=O) groups is 2. The molecule has 2 aliphatic carbocycles. The summed E-state index contributed by atoms with van der Waals surface area (Å²) in [5.41, 5.74) is 3.62. The van der Waals surface area contributed by atoms with E-state index in [-0.39, 0.29) is 23.9 Å². The quantitative estimate of drug-likeness (QED) is 0.908. The molecular formula is C21H21NO3. The molecule has 1 saturated carbocycles. The number of hydrogen-bond acceptors (Lipinski definition) is 2. The Hall–Kier alpha value is -2.62. The van der Waals surface area contributed by atoms with Crippen molar-refractivity contribution >= 4 is 11.9 Å². The number of rotatable bonds is 5. The predicted molar refractivity (Wildman–Crippen MR) is 94.5 cm³/mol. The van der Waals surface area contributed by atoms with Crippen molar-refractivity contribution < 1.29 is 14.7 Å². The molecule has 25 heavy (non-hydrogen) atoms. The molecule has 0 heterocycles. The van der Waals surface area contributed by atoms with Gasteiger partial charge in [-0.1, -0.05) is 36.4 Å². The van der Waals surface area contributed by atoms with Gasteiger partial charge in [0.1, 0.15) is 0 Å². The Labute approximate surface area is 147 Å². The van der Waals surface area contributed by atoms with Crippen molar-refractivity contribution in [1.82, 2.24) is 4.90 Å². The monoisotopic (exact) mass is 335 g/mol. The molecule has 1 N–H and O–H groups in total. The molecule has 4 nitrogen and oxygen atoms in total. The number of benzene rings is 2. The van der Waals surface area contributed by atoms with E-state index in [2.05, 4.69) is 23.1 Å². The van der Waals surface area contributed by atoms with Crippen molar-refractivity contribution in [2.24, 2.45) is 0 Å². The lowest BCUT2D eigenvalue weighted by molar-refractivity contribution is -0.133. The van der Waals surface area contributed by atoms with Crippen LogP contribution in [-0.2, 0) is 17.6 Å². The largest absolute Gasteiger partial charge is 0.478 e. The average molecular weight is 335 g/mol. The zero-order valence-corrected chi connectivity index (χ0v) is 14.0. The molecule has 4 heteroatoms. The summed E-state index contributed by atoms with van der Waals surface area (Å²) in [5.74, 6) is -0.857. The second-order valence-corrected chi connectivity index (χ2v) is 6.97. The van der Waals surface area contributed by atoms with E-state index in [9.17, 15) is 9.59 Å². The van der Waals surface area contributed by atoms with Gasteiger partial charge in [0.2, 0.25) is 5.91 Å². The van der Waals surface area contributed by atoms with Crippen LogP contribution >= 0.6 is 0 Å². The first kappa shape index (κ1) is 15.9. The van der Waals surface area contributed by atoms with Crippen LogP contribution in [0.4, 0.5) is 0 Å². The van der Waals surface area contributed by atoms with Crippen LogP contribution < -0.4 is 0 Å². The van der Waals surface area contributed by atoms with Gasteiger partial charge in [-0.15, -0.1) is 0 Å². The van der Waals surface area contributed by atoms with Crippen molar-refractivity contribution in [3.8, 4) is 0 Å². The number of fused-ring (bicyclic) bond motifs is 1. The Morgan fingerprint density at radius 3 is 2.60 bits per heavy atom. The highest BCUT2D eigenvalue weighted by molar-refractivity contribution is 5.88. The summed E-state index contributed by atoms with van der Waals surface area (Å²) in [4.78, 5) is 26.3.